The summed E-state index contributed by atoms with van der Waals surface area (Å²) in [7, 11) is -1.77. The molecule has 2 aliphatic heterocycles. The van der Waals surface area contributed by atoms with Crippen LogP contribution in [-0.4, -0.2) is 44.1 Å². The van der Waals surface area contributed by atoms with E-state index < -0.39 is 10.0 Å². The van der Waals surface area contributed by atoms with Crippen LogP contribution in [0.3, 0.4) is 0 Å². The van der Waals surface area contributed by atoms with E-state index in [1.165, 1.54) is 0 Å². The number of hydrogen-bond donors (Lipinski definition) is 1. The van der Waals surface area contributed by atoms with E-state index in [1.54, 1.807) is 22.5 Å². The Bertz CT molecular complexity index is 1400. The summed E-state index contributed by atoms with van der Waals surface area (Å²) in [5, 5.41) is 19.6. The molecule has 1 N–H and O–H groups in total. The van der Waals surface area contributed by atoms with Crippen LogP contribution in [0.15, 0.2) is 71.6 Å². The molecular weight excluding hydrogens is 446 g/mol. The van der Waals surface area contributed by atoms with E-state index in [4.69, 9.17) is 0 Å². The summed E-state index contributed by atoms with van der Waals surface area (Å²) in [5.74, 6) is -0.0259. The molecule has 0 saturated carbocycles. The van der Waals surface area contributed by atoms with Gasteiger partial charge in [0.15, 0.2) is 0 Å². The number of aryl methyl sites for hydroxylation is 1. The van der Waals surface area contributed by atoms with E-state index in [9.17, 15) is 18.8 Å². The number of anilines is 1. The van der Waals surface area contributed by atoms with E-state index in [1.807, 2.05) is 56.4 Å². The first kappa shape index (κ1) is 22.6. The zero-order valence-corrected chi connectivity index (χ0v) is 20.0. The van der Waals surface area contributed by atoms with E-state index >= 15 is 0 Å². The first-order valence-electron chi connectivity index (χ1n) is 11.4. The normalized spacial score (nSPS) is 22.2. The maximum absolute atomic E-state index is 13.8. The molecule has 0 spiro atoms. The van der Waals surface area contributed by atoms with Gasteiger partial charge in [0.1, 0.15) is 0 Å². The quantitative estimate of drug-likeness (QED) is 0.617. The molecule has 7 heteroatoms. The highest BCUT2D eigenvalue weighted by Gasteiger charge is 2.50. The molecule has 6 nitrogen and oxygen atoms in total. The predicted molar refractivity (Wildman–Crippen MR) is 132 cm³/mol. The van der Waals surface area contributed by atoms with Crippen molar-refractivity contribution in [3.05, 3.63) is 83.4 Å². The van der Waals surface area contributed by atoms with Gasteiger partial charge in [-0.25, -0.2) is 8.42 Å². The van der Waals surface area contributed by atoms with E-state index in [0.717, 1.165) is 27.9 Å². The number of hydrogen-bond acceptors (Lipinski definition) is 5. The Labute approximate surface area is 200 Å². The second-order valence-electron chi connectivity index (χ2n) is 9.11. The summed E-state index contributed by atoms with van der Waals surface area (Å²) < 4.78 is 29.3. The lowest BCUT2D eigenvalue weighted by atomic mass is 9.81. The number of benzene rings is 3. The number of aliphatic hydroxyl groups excluding tert-OH is 1. The molecule has 0 aromatic heterocycles. The number of nitrogens with zero attached hydrogens (tertiary/aromatic N) is 3. The number of nitriles is 1. The molecule has 1 fully saturated rings. The van der Waals surface area contributed by atoms with Gasteiger partial charge in [-0.2, -0.15) is 9.57 Å². The van der Waals surface area contributed by atoms with Crippen LogP contribution in [0.2, 0.25) is 0 Å². The van der Waals surface area contributed by atoms with Gasteiger partial charge in [-0.1, -0.05) is 36.4 Å². The van der Waals surface area contributed by atoms with Gasteiger partial charge in [0.2, 0.25) is 10.0 Å². The van der Waals surface area contributed by atoms with Gasteiger partial charge < -0.3 is 10.0 Å². The van der Waals surface area contributed by atoms with Crippen LogP contribution in [0.5, 0.6) is 0 Å². The Balaban J connectivity index is 1.66. The Kier molecular flexibility index (Phi) is 5.68. The molecule has 0 amide bonds. The lowest BCUT2D eigenvalue weighted by Crippen LogP contribution is -2.48. The van der Waals surface area contributed by atoms with Crippen molar-refractivity contribution < 1.29 is 13.5 Å². The minimum absolute atomic E-state index is 0.0259. The number of likely N-dealkylation sites (N-methyl/N-ethyl adjacent to an activating group) is 1. The van der Waals surface area contributed by atoms with Crippen molar-refractivity contribution in [3.8, 4) is 17.2 Å². The van der Waals surface area contributed by atoms with Crippen molar-refractivity contribution in [2.24, 2.45) is 5.92 Å². The summed E-state index contributed by atoms with van der Waals surface area (Å²) in [4.78, 5) is 2.41. The minimum atomic E-state index is -3.73. The predicted octanol–water partition coefficient (Wildman–Crippen LogP) is 4.10. The molecule has 0 aliphatic carbocycles. The molecule has 3 aromatic carbocycles. The Morgan fingerprint density at radius 2 is 1.82 bits per heavy atom. The summed E-state index contributed by atoms with van der Waals surface area (Å²) in [6, 6.07) is 22.2. The molecular formula is C27H27N3O3S. The van der Waals surface area contributed by atoms with Crippen LogP contribution in [-0.2, 0) is 10.0 Å². The van der Waals surface area contributed by atoms with Crippen LogP contribution in [0.1, 0.15) is 29.2 Å². The van der Waals surface area contributed by atoms with Crippen LogP contribution in [0, 0.1) is 24.2 Å². The van der Waals surface area contributed by atoms with Crippen molar-refractivity contribution >= 4 is 15.7 Å². The average molecular weight is 474 g/mol. The third-order valence-electron chi connectivity index (χ3n) is 7.31. The van der Waals surface area contributed by atoms with Gasteiger partial charge >= 0.3 is 0 Å². The molecule has 3 aromatic rings. The van der Waals surface area contributed by atoms with Crippen molar-refractivity contribution in [1.29, 1.82) is 5.26 Å². The van der Waals surface area contributed by atoms with Crippen LogP contribution < -0.4 is 4.90 Å². The highest BCUT2D eigenvalue weighted by atomic mass is 32.2. The van der Waals surface area contributed by atoms with Crippen LogP contribution >= 0.6 is 0 Å². The third-order valence-corrected chi connectivity index (χ3v) is 9.35. The Morgan fingerprint density at radius 1 is 1.06 bits per heavy atom. The lowest BCUT2D eigenvalue weighted by molar-refractivity contribution is 0.193. The lowest BCUT2D eigenvalue weighted by Gasteiger charge is -2.44. The molecule has 5 rings (SSSR count). The van der Waals surface area contributed by atoms with Gasteiger partial charge in [0.05, 0.1) is 35.2 Å². The summed E-state index contributed by atoms with van der Waals surface area (Å²) in [6.07, 6.45) is 0.679. The summed E-state index contributed by atoms with van der Waals surface area (Å²) in [6.45, 7) is 2.19. The fourth-order valence-electron chi connectivity index (χ4n) is 5.60. The maximum Gasteiger partial charge on any atom is 0.243 e. The fraction of sp³-hybridized carbons (Fsp3) is 0.296. The molecule has 0 unspecified atom stereocenters. The van der Waals surface area contributed by atoms with Gasteiger partial charge in [-0.3, -0.25) is 0 Å². The molecule has 34 heavy (non-hydrogen) atoms. The van der Waals surface area contributed by atoms with E-state index in [-0.39, 0.29) is 24.6 Å². The third kappa shape index (κ3) is 3.50. The first-order valence-corrected chi connectivity index (χ1v) is 12.9. The first-order chi connectivity index (χ1) is 16.4. The molecule has 1 saturated heterocycles. The molecule has 3 atom stereocenters. The largest absolute Gasteiger partial charge is 0.394 e. The molecule has 2 heterocycles. The Hall–Kier alpha value is -3.18. The van der Waals surface area contributed by atoms with Gasteiger partial charge in [0, 0.05) is 25.2 Å². The highest BCUT2D eigenvalue weighted by molar-refractivity contribution is 7.89. The summed E-state index contributed by atoms with van der Waals surface area (Å²) >= 11 is 0. The Morgan fingerprint density at radius 3 is 2.56 bits per heavy atom. The second-order valence-corrected chi connectivity index (χ2v) is 11.0. The van der Waals surface area contributed by atoms with Crippen molar-refractivity contribution in [1.82, 2.24) is 4.31 Å². The number of aliphatic hydroxyl groups is 1. The SMILES string of the molecule is Cc1ccccc1S(=O)(=O)N1CC[C@H]2[C@@H](CO)N(C)c3ccc(-c4cccc(C#N)c4)cc3[C@H]21. The number of fused-ring (bicyclic) bond motifs is 3. The van der Waals surface area contributed by atoms with Gasteiger partial charge in [-0.15, -0.1) is 0 Å². The standard InChI is InChI=1S/C27H27N3O3S/c1-18-6-3-4-9-26(18)34(32,33)30-13-12-22-25(17-31)29(2)24-11-10-21(15-23(24)27(22)30)20-8-5-7-19(14-20)16-28/h3-11,14-15,22,25,27,31H,12-13,17H2,1-2H3/t22-,25+,27-/m0/s1. The van der Waals surface area contributed by atoms with Crippen molar-refractivity contribution in [2.45, 2.75) is 30.3 Å². The molecule has 174 valence electrons. The van der Waals surface area contributed by atoms with Gasteiger partial charge in [0.25, 0.3) is 0 Å². The monoisotopic (exact) mass is 473 g/mol. The van der Waals surface area contributed by atoms with Crippen LogP contribution in [0.25, 0.3) is 11.1 Å². The minimum Gasteiger partial charge on any atom is -0.394 e. The van der Waals surface area contributed by atoms with Gasteiger partial charge in [-0.05, 0) is 65.9 Å². The van der Waals surface area contributed by atoms with E-state index in [0.29, 0.717) is 23.4 Å². The zero-order valence-electron chi connectivity index (χ0n) is 19.2. The zero-order chi connectivity index (χ0) is 24.0. The number of rotatable bonds is 4. The van der Waals surface area contributed by atoms with Crippen LogP contribution in [0.4, 0.5) is 5.69 Å². The molecule has 0 radical (unpaired) electrons. The smallest absolute Gasteiger partial charge is 0.243 e. The maximum atomic E-state index is 13.8. The summed E-state index contributed by atoms with van der Waals surface area (Å²) in [5.41, 5.74) is 5.01. The highest BCUT2D eigenvalue weighted by Crippen LogP contribution is 2.51. The van der Waals surface area contributed by atoms with Crippen molar-refractivity contribution in [3.63, 3.8) is 0 Å². The number of sulfonamides is 1. The van der Waals surface area contributed by atoms with E-state index in [2.05, 4.69) is 17.0 Å². The fourth-order valence-corrected chi connectivity index (χ4v) is 7.49. The molecule has 0 bridgehead atoms. The average Bonchev–Trinajstić information content (AvgIpc) is 3.30. The molecule has 2 aliphatic rings. The topological polar surface area (TPSA) is 84.6 Å². The second kappa shape index (κ2) is 8.55. The van der Waals surface area contributed by atoms with Crippen molar-refractivity contribution in [2.75, 3.05) is 25.1 Å².